The predicted molar refractivity (Wildman–Crippen MR) is 163 cm³/mol. The molecule has 4 aromatic rings. The fraction of sp³-hybridized carbons (Fsp3) is 0.294. The quantitative estimate of drug-likeness (QED) is 0.220. The second-order valence-corrected chi connectivity index (χ2v) is 22.6. The molecule has 2 atom stereocenters. The molecule has 3 heteroatoms. The van der Waals surface area contributed by atoms with Gasteiger partial charge in [0.05, 0.1) is 0 Å². The van der Waals surface area contributed by atoms with Crippen LogP contribution in [0.3, 0.4) is 0 Å². The van der Waals surface area contributed by atoms with Gasteiger partial charge >= 0.3 is 230 Å². The van der Waals surface area contributed by atoms with Gasteiger partial charge in [-0.05, 0) is 0 Å². The van der Waals surface area contributed by atoms with Crippen LogP contribution < -0.4 is 26.4 Å². The normalized spacial score (nSPS) is 23.0. The molecule has 0 saturated carbocycles. The topological polar surface area (TPSA) is 9.23 Å². The number of aryl methyl sites for hydroxylation is 7. The first-order valence-electron chi connectivity index (χ1n) is 13.5. The molecule has 0 N–H and O–H groups in total. The molecule has 2 bridgehead atoms. The molecule has 4 aromatic carbocycles. The van der Waals surface area contributed by atoms with Crippen LogP contribution >= 0.6 is 6.83 Å². The van der Waals surface area contributed by atoms with Gasteiger partial charge in [-0.25, -0.2) is 0 Å². The van der Waals surface area contributed by atoms with E-state index < -0.39 is 27.0 Å². The molecule has 1 saturated heterocycles. The fourth-order valence-corrected chi connectivity index (χ4v) is 28.8. The molecule has 0 aromatic heterocycles. The van der Waals surface area contributed by atoms with Gasteiger partial charge in [0.2, 0.25) is 0 Å². The zero-order valence-electron chi connectivity index (χ0n) is 23.2. The minimum atomic E-state index is -3.16. The standard InChI is InChI=1S/C34H36OP.Sb/c1-22-9-14-30(15-10-22)34-29(8)36(35-34,31-16-11-23(2)26(5)19-31,32-17-12-24(3)27(6)20-32)33-18-13-25(4)28(7)21-33;/h9-15,19-21,29,34H,1-8H3;/t29-,34+;/m1./s1. The summed E-state index contributed by atoms with van der Waals surface area (Å²) in [6.07, 6.45) is 0.110. The van der Waals surface area contributed by atoms with E-state index in [9.17, 15) is 0 Å². The van der Waals surface area contributed by atoms with Crippen molar-refractivity contribution in [1.29, 1.82) is 0 Å². The Balaban J connectivity index is 1.65. The maximum atomic E-state index is 7.80. The zero-order chi connectivity index (χ0) is 26.0. The summed E-state index contributed by atoms with van der Waals surface area (Å²) in [5, 5.41) is 4.75. The molecule has 1 fully saturated rings. The second-order valence-electron chi connectivity index (χ2n) is 11.9. The van der Waals surface area contributed by atoms with Crippen LogP contribution in [-0.2, 0) is 4.52 Å². The molecule has 4 aliphatic heterocycles. The van der Waals surface area contributed by atoms with Crippen molar-refractivity contribution in [2.45, 2.75) is 67.2 Å². The predicted octanol–water partition coefficient (Wildman–Crippen LogP) is 4.89. The summed E-state index contributed by atoms with van der Waals surface area (Å²) < 4.78 is 12.8. The van der Waals surface area contributed by atoms with Crippen molar-refractivity contribution >= 4 is 53.5 Å². The van der Waals surface area contributed by atoms with Gasteiger partial charge in [0, 0.05) is 0 Å². The van der Waals surface area contributed by atoms with Crippen LogP contribution in [0, 0.1) is 48.5 Å². The van der Waals surface area contributed by atoms with Gasteiger partial charge < -0.3 is 0 Å². The van der Waals surface area contributed by atoms with E-state index in [-0.39, 0.29) is 6.10 Å². The molecule has 37 heavy (non-hydrogen) atoms. The summed E-state index contributed by atoms with van der Waals surface area (Å²) in [5.41, 5.74) is 11.5. The zero-order valence-corrected chi connectivity index (χ0v) is 26.7. The van der Waals surface area contributed by atoms with Crippen LogP contribution in [0.5, 0.6) is 0 Å². The van der Waals surface area contributed by atoms with Gasteiger partial charge in [-0.3, -0.25) is 0 Å². The molecule has 1 spiro atoms. The average molecular weight is 613 g/mol. The monoisotopic (exact) mass is 612 g/mol. The van der Waals surface area contributed by atoms with Crippen LogP contribution in [0.15, 0.2) is 60.7 Å². The Morgan fingerprint density at radius 1 is 0.568 bits per heavy atom. The average Bonchev–Trinajstić information content (AvgIpc) is 2.86. The molecule has 4 aliphatic rings. The Morgan fingerprint density at radius 3 is 1.32 bits per heavy atom. The molecule has 0 unspecified atom stereocenters. The van der Waals surface area contributed by atoms with Crippen molar-refractivity contribution in [1.82, 2.24) is 0 Å². The van der Waals surface area contributed by atoms with Crippen molar-refractivity contribution < 1.29 is 4.52 Å². The van der Waals surface area contributed by atoms with E-state index in [4.69, 9.17) is 4.52 Å². The Kier molecular flexibility index (Phi) is 4.96. The number of hydrogen-bond donors (Lipinski definition) is 0. The SMILES string of the molecule is Cc1ccc([C@H]2OP34(c5cc(C)c(C)c[c]5[Sb]([c]5cc(C)c(C)cc53)[c]3cc(C)c(C)cc34)[C@@H]2C)cc1. The van der Waals surface area contributed by atoms with E-state index in [1.165, 1.54) is 44.5 Å². The summed E-state index contributed by atoms with van der Waals surface area (Å²) in [7, 11) is 0. The third kappa shape index (κ3) is 2.70. The maximum absolute atomic E-state index is 7.80. The molecule has 8 rings (SSSR count). The molecule has 1 nitrogen and oxygen atoms in total. The summed E-state index contributed by atoms with van der Waals surface area (Å²) in [6, 6.07) is 24.5. The molecule has 0 radical (unpaired) electrons. The fourth-order valence-electron chi connectivity index (χ4n) is 7.28. The number of rotatable bonds is 1. The molecular formula is C34H36OPSb. The van der Waals surface area contributed by atoms with Crippen molar-refractivity contribution in [3.8, 4) is 0 Å². The van der Waals surface area contributed by atoms with Crippen LogP contribution in [0.2, 0.25) is 0 Å². The molecule has 0 aliphatic carbocycles. The first-order chi connectivity index (χ1) is 17.6. The third-order valence-electron chi connectivity index (χ3n) is 9.88. The van der Waals surface area contributed by atoms with Crippen LogP contribution in [0.1, 0.15) is 57.5 Å². The van der Waals surface area contributed by atoms with Crippen LogP contribution in [-0.4, -0.2) is 25.9 Å². The second kappa shape index (κ2) is 7.60. The molecule has 188 valence electrons. The van der Waals surface area contributed by atoms with Gasteiger partial charge in [0.15, 0.2) is 0 Å². The van der Waals surface area contributed by atoms with Crippen LogP contribution in [0.4, 0.5) is 0 Å². The van der Waals surface area contributed by atoms with E-state index in [1.807, 2.05) is 0 Å². The molecule has 4 heterocycles. The van der Waals surface area contributed by atoms with E-state index >= 15 is 0 Å². The summed E-state index contributed by atoms with van der Waals surface area (Å²) in [5.74, 6) is 0. The van der Waals surface area contributed by atoms with Crippen molar-refractivity contribution in [3.05, 3.63) is 105 Å². The van der Waals surface area contributed by atoms with Crippen molar-refractivity contribution in [2.24, 2.45) is 0 Å². The first-order valence-corrected chi connectivity index (χ1v) is 19.6. The van der Waals surface area contributed by atoms with E-state index in [2.05, 4.69) is 116 Å². The molecule has 0 amide bonds. The minimum absolute atomic E-state index is 0.110. The van der Waals surface area contributed by atoms with Crippen LogP contribution in [0.25, 0.3) is 0 Å². The van der Waals surface area contributed by atoms with Gasteiger partial charge in [-0.1, -0.05) is 0 Å². The first kappa shape index (κ1) is 24.2. The summed E-state index contributed by atoms with van der Waals surface area (Å²) in [6.45, 7) is 15.3. The number of benzene rings is 4. The van der Waals surface area contributed by atoms with Crippen molar-refractivity contribution in [3.63, 3.8) is 0 Å². The molecular weight excluding hydrogens is 577 g/mol. The van der Waals surface area contributed by atoms with Gasteiger partial charge in [0.1, 0.15) is 0 Å². The van der Waals surface area contributed by atoms with Crippen molar-refractivity contribution in [2.75, 3.05) is 0 Å². The Hall–Kier alpha value is -1.91. The third-order valence-corrected chi connectivity index (χ3v) is 25.2. The Bertz CT molecular complexity index is 1520. The Labute approximate surface area is 229 Å². The van der Waals surface area contributed by atoms with E-state index in [0.29, 0.717) is 5.66 Å². The summed E-state index contributed by atoms with van der Waals surface area (Å²) in [4.78, 5) is 0. The van der Waals surface area contributed by atoms with Gasteiger partial charge in [-0.2, -0.15) is 0 Å². The van der Waals surface area contributed by atoms with E-state index in [1.54, 1.807) is 26.4 Å². The number of hydrogen-bond acceptors (Lipinski definition) is 1. The van der Waals surface area contributed by atoms with Gasteiger partial charge in [0.25, 0.3) is 0 Å². The Morgan fingerprint density at radius 2 is 0.946 bits per heavy atom. The summed E-state index contributed by atoms with van der Waals surface area (Å²) >= 11 is -2.23. The van der Waals surface area contributed by atoms with Gasteiger partial charge in [-0.15, -0.1) is 0 Å². The van der Waals surface area contributed by atoms with E-state index in [0.717, 1.165) is 0 Å².